The van der Waals surface area contributed by atoms with E-state index >= 15 is 0 Å². The maximum atomic E-state index is 13.0. The number of benzene rings is 1. The molecule has 0 aliphatic rings. The maximum Gasteiger partial charge on any atom is 0.311 e. The minimum atomic E-state index is -1.00. The molecule has 2 rings (SSSR count). The quantitative estimate of drug-likeness (QED) is 0.836. The van der Waals surface area contributed by atoms with Gasteiger partial charge in [0.05, 0.1) is 5.52 Å². The molecule has 0 bridgehead atoms. The number of carboxylic acid groups (broad SMARTS) is 1. The Labute approximate surface area is 90.8 Å². The fourth-order valence-corrected chi connectivity index (χ4v) is 1.54. The number of carbonyl (C=O) groups is 1. The normalized spacial score (nSPS) is 10.6. The van der Waals surface area contributed by atoms with E-state index in [1.54, 1.807) is 13.0 Å². The third kappa shape index (κ3) is 1.98. The summed E-state index contributed by atoms with van der Waals surface area (Å²) in [6.45, 7) is 1.74. The summed E-state index contributed by atoms with van der Waals surface area (Å²) in [6.07, 6.45) is -0.257. The zero-order valence-corrected chi connectivity index (χ0v) is 8.57. The van der Waals surface area contributed by atoms with Gasteiger partial charge in [-0.15, -0.1) is 0 Å². The molecule has 0 amide bonds. The van der Waals surface area contributed by atoms with Gasteiger partial charge in [0, 0.05) is 17.1 Å². The third-order valence-corrected chi connectivity index (χ3v) is 2.21. The Morgan fingerprint density at radius 3 is 2.88 bits per heavy atom. The molecule has 0 unspecified atom stereocenters. The summed E-state index contributed by atoms with van der Waals surface area (Å²) in [5.41, 5.74) is 1.09. The first kappa shape index (κ1) is 10.5. The summed E-state index contributed by atoms with van der Waals surface area (Å²) in [5, 5.41) is 9.36. The minimum Gasteiger partial charge on any atom is -0.481 e. The Morgan fingerprint density at radius 2 is 2.19 bits per heavy atom. The molecule has 0 fully saturated rings. The van der Waals surface area contributed by atoms with E-state index in [4.69, 9.17) is 5.11 Å². The van der Waals surface area contributed by atoms with Crippen molar-refractivity contribution in [1.29, 1.82) is 0 Å². The van der Waals surface area contributed by atoms with E-state index < -0.39 is 11.8 Å². The summed E-state index contributed by atoms with van der Waals surface area (Å²) in [7, 11) is 0. The number of hydrogen-bond acceptors (Lipinski definition) is 3. The average Bonchev–Trinajstić information content (AvgIpc) is 2.15. The lowest BCUT2D eigenvalue weighted by Crippen LogP contribution is -2.06. The third-order valence-electron chi connectivity index (χ3n) is 2.21. The maximum absolute atomic E-state index is 13.0. The summed E-state index contributed by atoms with van der Waals surface area (Å²) in [5.74, 6) is -1.20. The smallest absolute Gasteiger partial charge is 0.311 e. The SMILES string of the molecule is Cc1nc(CC(=O)O)nc2cc(F)ccc12. The van der Waals surface area contributed by atoms with Gasteiger partial charge < -0.3 is 5.11 Å². The fourth-order valence-electron chi connectivity index (χ4n) is 1.54. The molecule has 1 heterocycles. The average molecular weight is 220 g/mol. The molecule has 0 aliphatic heterocycles. The first-order chi connectivity index (χ1) is 7.56. The van der Waals surface area contributed by atoms with Gasteiger partial charge in [-0.3, -0.25) is 4.79 Å². The summed E-state index contributed by atoms with van der Waals surface area (Å²) in [4.78, 5) is 18.6. The molecule has 0 spiro atoms. The van der Waals surface area contributed by atoms with Gasteiger partial charge in [-0.2, -0.15) is 0 Å². The molecule has 1 aromatic heterocycles. The standard InChI is InChI=1S/C11H9FN2O2/c1-6-8-3-2-7(12)4-9(8)14-10(13-6)5-11(15)16/h2-4H,5H2,1H3,(H,15,16). The number of fused-ring (bicyclic) bond motifs is 1. The molecule has 16 heavy (non-hydrogen) atoms. The lowest BCUT2D eigenvalue weighted by molar-refractivity contribution is -0.136. The molecule has 0 atom stereocenters. The largest absolute Gasteiger partial charge is 0.481 e. The molecule has 0 saturated heterocycles. The number of aromatic nitrogens is 2. The number of halogens is 1. The van der Waals surface area contributed by atoms with Crippen molar-refractivity contribution < 1.29 is 14.3 Å². The van der Waals surface area contributed by atoms with Crippen molar-refractivity contribution in [3.8, 4) is 0 Å². The van der Waals surface area contributed by atoms with Gasteiger partial charge in [0.1, 0.15) is 18.1 Å². The van der Waals surface area contributed by atoms with Gasteiger partial charge >= 0.3 is 5.97 Å². The Morgan fingerprint density at radius 1 is 1.44 bits per heavy atom. The van der Waals surface area contributed by atoms with Crippen LogP contribution in [-0.2, 0) is 11.2 Å². The van der Waals surface area contributed by atoms with Crippen LogP contribution in [0.15, 0.2) is 18.2 Å². The van der Waals surface area contributed by atoms with Crippen molar-refractivity contribution in [2.45, 2.75) is 13.3 Å². The van der Waals surface area contributed by atoms with Gasteiger partial charge in [-0.25, -0.2) is 14.4 Å². The zero-order valence-electron chi connectivity index (χ0n) is 8.57. The van der Waals surface area contributed by atoms with Crippen molar-refractivity contribution in [3.63, 3.8) is 0 Å². The topological polar surface area (TPSA) is 63.1 Å². The summed E-state index contributed by atoms with van der Waals surface area (Å²) < 4.78 is 13.0. The molecule has 1 aromatic carbocycles. The number of carboxylic acids is 1. The molecule has 0 radical (unpaired) electrons. The lowest BCUT2D eigenvalue weighted by Gasteiger charge is -2.03. The highest BCUT2D eigenvalue weighted by Gasteiger charge is 2.08. The second kappa shape index (κ2) is 3.84. The van der Waals surface area contributed by atoms with Crippen molar-refractivity contribution >= 4 is 16.9 Å². The first-order valence-electron chi connectivity index (χ1n) is 4.71. The number of aryl methyl sites for hydroxylation is 1. The van der Waals surface area contributed by atoms with Gasteiger partial charge in [0.2, 0.25) is 0 Å². The van der Waals surface area contributed by atoms with Crippen LogP contribution in [0.5, 0.6) is 0 Å². The highest BCUT2D eigenvalue weighted by Crippen LogP contribution is 2.16. The van der Waals surface area contributed by atoms with Crippen LogP contribution in [0.4, 0.5) is 4.39 Å². The predicted molar refractivity (Wildman–Crippen MR) is 55.6 cm³/mol. The molecule has 4 nitrogen and oxygen atoms in total. The molecule has 0 saturated carbocycles. The van der Waals surface area contributed by atoms with E-state index in [1.165, 1.54) is 12.1 Å². The van der Waals surface area contributed by atoms with Crippen LogP contribution >= 0.6 is 0 Å². The Kier molecular flexibility index (Phi) is 2.52. The lowest BCUT2D eigenvalue weighted by atomic mass is 10.2. The van der Waals surface area contributed by atoms with E-state index in [9.17, 15) is 9.18 Å². The van der Waals surface area contributed by atoms with Crippen LogP contribution < -0.4 is 0 Å². The van der Waals surface area contributed by atoms with Crippen molar-refractivity contribution in [3.05, 3.63) is 35.5 Å². The van der Waals surface area contributed by atoms with Crippen molar-refractivity contribution in [1.82, 2.24) is 9.97 Å². The van der Waals surface area contributed by atoms with Crippen LogP contribution in [-0.4, -0.2) is 21.0 Å². The van der Waals surface area contributed by atoms with Crippen LogP contribution in [0.2, 0.25) is 0 Å². The van der Waals surface area contributed by atoms with E-state index in [1.807, 2.05) is 0 Å². The first-order valence-corrected chi connectivity index (χ1v) is 4.71. The van der Waals surface area contributed by atoms with E-state index in [2.05, 4.69) is 9.97 Å². The van der Waals surface area contributed by atoms with Crippen LogP contribution in [0.3, 0.4) is 0 Å². The van der Waals surface area contributed by atoms with Gasteiger partial charge in [-0.1, -0.05) is 0 Å². The van der Waals surface area contributed by atoms with E-state index in [0.717, 1.165) is 5.39 Å². The van der Waals surface area contributed by atoms with Crippen LogP contribution in [0.25, 0.3) is 10.9 Å². The molecule has 2 aromatic rings. The molecular formula is C11H9FN2O2. The molecule has 1 N–H and O–H groups in total. The second-order valence-corrected chi connectivity index (χ2v) is 3.46. The second-order valence-electron chi connectivity index (χ2n) is 3.46. The van der Waals surface area contributed by atoms with Crippen LogP contribution in [0.1, 0.15) is 11.5 Å². The number of hydrogen-bond donors (Lipinski definition) is 1. The monoisotopic (exact) mass is 220 g/mol. The Hall–Kier alpha value is -2.04. The fraction of sp³-hybridized carbons (Fsp3) is 0.182. The Bertz CT molecular complexity index is 569. The minimum absolute atomic E-state index is 0.197. The summed E-state index contributed by atoms with van der Waals surface area (Å²) in [6, 6.07) is 4.19. The predicted octanol–water partition coefficient (Wildman–Crippen LogP) is 1.70. The molecule has 0 aliphatic carbocycles. The highest BCUT2D eigenvalue weighted by atomic mass is 19.1. The molecule has 5 heteroatoms. The van der Waals surface area contributed by atoms with Gasteiger partial charge in [0.15, 0.2) is 0 Å². The van der Waals surface area contributed by atoms with Crippen molar-refractivity contribution in [2.75, 3.05) is 0 Å². The van der Waals surface area contributed by atoms with Crippen molar-refractivity contribution in [2.24, 2.45) is 0 Å². The van der Waals surface area contributed by atoms with Gasteiger partial charge in [0.25, 0.3) is 0 Å². The number of nitrogens with zero attached hydrogens (tertiary/aromatic N) is 2. The van der Waals surface area contributed by atoms with E-state index in [0.29, 0.717) is 11.2 Å². The number of aliphatic carboxylic acids is 1. The highest BCUT2D eigenvalue weighted by molar-refractivity contribution is 5.81. The van der Waals surface area contributed by atoms with Crippen LogP contribution in [0, 0.1) is 12.7 Å². The molecule has 82 valence electrons. The Balaban J connectivity index is 2.60. The van der Waals surface area contributed by atoms with Gasteiger partial charge in [-0.05, 0) is 19.1 Å². The molecular weight excluding hydrogens is 211 g/mol. The zero-order chi connectivity index (χ0) is 11.7. The number of rotatable bonds is 2. The van der Waals surface area contributed by atoms with E-state index in [-0.39, 0.29) is 12.2 Å². The summed E-state index contributed by atoms with van der Waals surface area (Å²) >= 11 is 0.